The molecule has 0 saturated carbocycles. The maximum atomic E-state index is 5.52. The zero-order valence-corrected chi connectivity index (χ0v) is 11.6. The number of likely N-dealkylation sites (tertiary alicyclic amines) is 1. The Balaban J connectivity index is 1.69. The lowest BCUT2D eigenvalue weighted by molar-refractivity contribution is -0.00461. The molecule has 1 saturated heterocycles. The van der Waals surface area contributed by atoms with E-state index in [9.17, 15) is 0 Å². The van der Waals surface area contributed by atoms with Crippen LogP contribution in [0.1, 0.15) is 5.56 Å². The standard InChI is InChI=1S/C15H22N2O2/c1-18-14-9-17(10-15(14)19-2)12-7-11-5-3-4-6-13(11)16-8-12/h3-6,12,14-16H,7-10H2,1-2H3. The highest BCUT2D eigenvalue weighted by Gasteiger charge is 2.37. The van der Waals surface area contributed by atoms with E-state index in [0.717, 1.165) is 26.1 Å². The maximum absolute atomic E-state index is 5.52. The van der Waals surface area contributed by atoms with Crippen LogP contribution in [0.25, 0.3) is 0 Å². The van der Waals surface area contributed by atoms with Gasteiger partial charge in [-0.1, -0.05) is 18.2 Å². The summed E-state index contributed by atoms with van der Waals surface area (Å²) in [5.74, 6) is 0. The number of anilines is 1. The molecule has 1 fully saturated rings. The van der Waals surface area contributed by atoms with Gasteiger partial charge in [-0.2, -0.15) is 0 Å². The third-order valence-corrected chi connectivity index (χ3v) is 4.37. The summed E-state index contributed by atoms with van der Waals surface area (Å²) in [5.41, 5.74) is 2.69. The van der Waals surface area contributed by atoms with Crippen LogP contribution in [0.2, 0.25) is 0 Å². The van der Waals surface area contributed by atoms with Crippen LogP contribution >= 0.6 is 0 Å². The minimum absolute atomic E-state index is 0.196. The quantitative estimate of drug-likeness (QED) is 0.892. The first-order valence-electron chi connectivity index (χ1n) is 6.93. The van der Waals surface area contributed by atoms with Crippen LogP contribution in [0.4, 0.5) is 5.69 Å². The smallest absolute Gasteiger partial charge is 0.0971 e. The van der Waals surface area contributed by atoms with E-state index in [2.05, 4.69) is 34.5 Å². The molecule has 0 aliphatic carbocycles. The van der Waals surface area contributed by atoms with Crippen molar-refractivity contribution >= 4 is 5.69 Å². The molecule has 19 heavy (non-hydrogen) atoms. The van der Waals surface area contributed by atoms with Crippen LogP contribution in [0.15, 0.2) is 24.3 Å². The van der Waals surface area contributed by atoms with E-state index in [-0.39, 0.29) is 12.2 Å². The van der Waals surface area contributed by atoms with E-state index in [0.29, 0.717) is 6.04 Å². The van der Waals surface area contributed by atoms with Gasteiger partial charge in [-0.05, 0) is 18.1 Å². The number of nitrogens with one attached hydrogen (secondary N) is 1. The number of hydrogen-bond donors (Lipinski definition) is 1. The van der Waals surface area contributed by atoms with Crippen LogP contribution in [-0.2, 0) is 15.9 Å². The summed E-state index contributed by atoms with van der Waals surface area (Å²) in [4.78, 5) is 2.49. The van der Waals surface area contributed by atoms with Crippen molar-refractivity contribution in [3.05, 3.63) is 29.8 Å². The number of methoxy groups -OCH3 is 2. The summed E-state index contributed by atoms with van der Waals surface area (Å²) in [6.45, 7) is 2.93. The molecule has 3 rings (SSSR count). The van der Waals surface area contributed by atoms with Crippen molar-refractivity contribution in [1.82, 2.24) is 4.90 Å². The molecule has 0 aromatic heterocycles. The lowest BCUT2D eigenvalue weighted by Crippen LogP contribution is -2.43. The Morgan fingerprint density at radius 1 is 1.11 bits per heavy atom. The zero-order chi connectivity index (χ0) is 13.2. The molecule has 3 unspecified atom stereocenters. The van der Waals surface area contributed by atoms with Crippen LogP contribution in [0.5, 0.6) is 0 Å². The topological polar surface area (TPSA) is 33.7 Å². The van der Waals surface area contributed by atoms with E-state index >= 15 is 0 Å². The number of para-hydroxylation sites is 1. The van der Waals surface area contributed by atoms with Crippen molar-refractivity contribution < 1.29 is 9.47 Å². The minimum atomic E-state index is 0.196. The van der Waals surface area contributed by atoms with Crippen molar-refractivity contribution in [2.24, 2.45) is 0 Å². The zero-order valence-electron chi connectivity index (χ0n) is 11.6. The summed E-state index contributed by atoms with van der Waals surface area (Å²) >= 11 is 0. The van der Waals surface area contributed by atoms with Crippen molar-refractivity contribution in [2.45, 2.75) is 24.7 Å². The average molecular weight is 262 g/mol. The molecule has 4 nitrogen and oxygen atoms in total. The van der Waals surface area contributed by atoms with Gasteiger partial charge in [0.1, 0.15) is 0 Å². The molecule has 3 atom stereocenters. The summed E-state index contributed by atoms with van der Waals surface area (Å²) in [6, 6.07) is 9.11. The molecule has 104 valence electrons. The number of nitrogens with zero attached hydrogens (tertiary/aromatic N) is 1. The molecule has 4 heteroatoms. The van der Waals surface area contributed by atoms with E-state index < -0.39 is 0 Å². The van der Waals surface area contributed by atoms with Gasteiger partial charge in [0.25, 0.3) is 0 Å². The minimum Gasteiger partial charge on any atom is -0.383 e. The number of benzene rings is 1. The molecule has 1 N–H and O–H groups in total. The second-order valence-corrected chi connectivity index (χ2v) is 5.40. The number of rotatable bonds is 3. The fourth-order valence-corrected chi connectivity index (χ4v) is 3.21. The SMILES string of the molecule is COC1CN(C2CNc3ccccc3C2)CC1OC. The predicted molar refractivity (Wildman–Crippen MR) is 75.6 cm³/mol. The Labute approximate surface area is 114 Å². The van der Waals surface area contributed by atoms with Crippen molar-refractivity contribution in [3.8, 4) is 0 Å². The van der Waals surface area contributed by atoms with Gasteiger partial charge in [0, 0.05) is 45.6 Å². The third kappa shape index (κ3) is 2.48. The Morgan fingerprint density at radius 2 is 1.79 bits per heavy atom. The molecule has 0 radical (unpaired) electrons. The van der Waals surface area contributed by atoms with Gasteiger partial charge in [-0.15, -0.1) is 0 Å². The largest absolute Gasteiger partial charge is 0.383 e. The van der Waals surface area contributed by atoms with Gasteiger partial charge in [-0.25, -0.2) is 0 Å². The highest BCUT2D eigenvalue weighted by atomic mass is 16.5. The molecular weight excluding hydrogens is 240 g/mol. The summed E-state index contributed by atoms with van der Waals surface area (Å²) in [5, 5.41) is 3.53. The maximum Gasteiger partial charge on any atom is 0.0971 e. The first-order valence-corrected chi connectivity index (χ1v) is 6.93. The third-order valence-electron chi connectivity index (χ3n) is 4.37. The summed E-state index contributed by atoms with van der Waals surface area (Å²) in [7, 11) is 3.54. The molecule has 1 aromatic carbocycles. The Morgan fingerprint density at radius 3 is 2.47 bits per heavy atom. The normalized spacial score (nSPS) is 30.9. The van der Waals surface area contributed by atoms with Crippen molar-refractivity contribution in [2.75, 3.05) is 39.2 Å². The van der Waals surface area contributed by atoms with Crippen molar-refractivity contribution in [1.29, 1.82) is 0 Å². The van der Waals surface area contributed by atoms with Gasteiger partial charge >= 0.3 is 0 Å². The molecule has 2 aliphatic heterocycles. The molecule has 2 heterocycles. The summed E-state index contributed by atoms with van der Waals surface area (Å²) in [6.07, 6.45) is 1.50. The Kier molecular flexibility index (Phi) is 3.73. The van der Waals surface area contributed by atoms with E-state index in [1.807, 2.05) is 0 Å². The van der Waals surface area contributed by atoms with E-state index in [4.69, 9.17) is 9.47 Å². The van der Waals surface area contributed by atoms with Crippen LogP contribution in [0, 0.1) is 0 Å². The molecular formula is C15H22N2O2. The number of ether oxygens (including phenoxy) is 2. The first kappa shape index (κ1) is 12.9. The average Bonchev–Trinajstić information content (AvgIpc) is 2.90. The second-order valence-electron chi connectivity index (χ2n) is 5.40. The summed E-state index contributed by atoms with van der Waals surface area (Å²) < 4.78 is 11.0. The first-order chi connectivity index (χ1) is 9.31. The second kappa shape index (κ2) is 5.49. The van der Waals surface area contributed by atoms with Crippen LogP contribution in [0.3, 0.4) is 0 Å². The van der Waals surface area contributed by atoms with Gasteiger partial charge in [0.15, 0.2) is 0 Å². The van der Waals surface area contributed by atoms with E-state index in [1.165, 1.54) is 11.3 Å². The van der Waals surface area contributed by atoms with Crippen molar-refractivity contribution in [3.63, 3.8) is 0 Å². The van der Waals surface area contributed by atoms with Gasteiger partial charge in [-0.3, -0.25) is 4.90 Å². The Bertz CT molecular complexity index is 426. The highest BCUT2D eigenvalue weighted by molar-refractivity contribution is 5.53. The van der Waals surface area contributed by atoms with Gasteiger partial charge < -0.3 is 14.8 Å². The van der Waals surface area contributed by atoms with Crippen LogP contribution < -0.4 is 5.32 Å². The predicted octanol–water partition coefficient (Wildman–Crippen LogP) is 1.37. The number of hydrogen-bond acceptors (Lipinski definition) is 4. The highest BCUT2D eigenvalue weighted by Crippen LogP contribution is 2.26. The van der Waals surface area contributed by atoms with E-state index in [1.54, 1.807) is 14.2 Å². The monoisotopic (exact) mass is 262 g/mol. The lowest BCUT2D eigenvalue weighted by atomic mass is 9.99. The molecule has 0 spiro atoms. The molecule has 2 aliphatic rings. The Hall–Kier alpha value is -1.10. The fourth-order valence-electron chi connectivity index (χ4n) is 3.21. The van der Waals surface area contributed by atoms with Crippen LogP contribution in [-0.4, -0.2) is 57.0 Å². The molecule has 0 bridgehead atoms. The van der Waals surface area contributed by atoms with Gasteiger partial charge in [0.2, 0.25) is 0 Å². The molecule has 0 amide bonds. The fraction of sp³-hybridized carbons (Fsp3) is 0.600. The van der Waals surface area contributed by atoms with Gasteiger partial charge in [0.05, 0.1) is 12.2 Å². The lowest BCUT2D eigenvalue weighted by Gasteiger charge is -2.33. The number of fused-ring (bicyclic) bond motifs is 1. The molecule has 1 aromatic rings.